The number of esters is 1. The van der Waals surface area contributed by atoms with Crippen molar-refractivity contribution in [3.63, 3.8) is 0 Å². The third-order valence-corrected chi connectivity index (χ3v) is 3.77. The highest BCUT2D eigenvalue weighted by Crippen LogP contribution is 2.36. The molecule has 0 radical (unpaired) electrons. The Morgan fingerprint density at radius 1 is 1.40 bits per heavy atom. The van der Waals surface area contributed by atoms with Crippen molar-refractivity contribution < 1.29 is 14.3 Å². The Bertz CT molecular complexity index is 217. The second-order valence-electron chi connectivity index (χ2n) is 4.81. The van der Waals surface area contributed by atoms with Crippen molar-refractivity contribution >= 4 is 5.97 Å². The Hall–Kier alpha value is -0.570. The fourth-order valence-electron chi connectivity index (χ4n) is 2.77. The molecule has 86 valence electrons. The highest BCUT2D eigenvalue weighted by Gasteiger charge is 2.35. The summed E-state index contributed by atoms with van der Waals surface area (Å²) in [7, 11) is 1.50. The number of rotatable bonds is 4. The molecule has 3 heteroatoms. The lowest BCUT2D eigenvalue weighted by atomic mass is 9.83. The van der Waals surface area contributed by atoms with Crippen molar-refractivity contribution in [1.82, 2.24) is 0 Å². The summed E-state index contributed by atoms with van der Waals surface area (Å²) in [6.45, 7) is 1.67. The summed E-state index contributed by atoms with van der Waals surface area (Å²) >= 11 is 0. The van der Waals surface area contributed by atoms with Gasteiger partial charge in [0, 0.05) is 5.92 Å². The van der Waals surface area contributed by atoms with Gasteiger partial charge in [-0.1, -0.05) is 12.8 Å². The third-order valence-electron chi connectivity index (χ3n) is 3.77. The van der Waals surface area contributed by atoms with Crippen LogP contribution in [0.4, 0.5) is 0 Å². The molecule has 1 aliphatic carbocycles. The summed E-state index contributed by atoms with van der Waals surface area (Å²) in [4.78, 5) is 11.7. The van der Waals surface area contributed by atoms with Crippen LogP contribution in [-0.2, 0) is 14.3 Å². The molecule has 1 heterocycles. The van der Waals surface area contributed by atoms with Crippen molar-refractivity contribution in [3.05, 3.63) is 0 Å². The van der Waals surface area contributed by atoms with Crippen molar-refractivity contribution in [2.45, 2.75) is 32.1 Å². The normalized spacial score (nSPS) is 24.9. The molecule has 15 heavy (non-hydrogen) atoms. The van der Waals surface area contributed by atoms with Crippen LogP contribution >= 0.6 is 0 Å². The molecule has 3 nitrogen and oxygen atoms in total. The number of methoxy groups -OCH3 is 1. The quantitative estimate of drug-likeness (QED) is 0.669. The molecule has 2 aliphatic rings. The molecular formula is C12H20O3. The van der Waals surface area contributed by atoms with Crippen LogP contribution < -0.4 is 0 Å². The molecule has 0 amide bonds. The van der Waals surface area contributed by atoms with Crippen LogP contribution in [0.5, 0.6) is 0 Å². The highest BCUT2D eigenvalue weighted by molar-refractivity contribution is 5.72. The van der Waals surface area contributed by atoms with Crippen LogP contribution in [0.3, 0.4) is 0 Å². The average molecular weight is 212 g/mol. The molecular weight excluding hydrogens is 192 g/mol. The summed E-state index contributed by atoms with van der Waals surface area (Å²) in [6.07, 6.45) is 5.93. The van der Waals surface area contributed by atoms with Crippen LogP contribution in [0, 0.1) is 17.8 Å². The van der Waals surface area contributed by atoms with Gasteiger partial charge in [-0.15, -0.1) is 0 Å². The largest absolute Gasteiger partial charge is 0.469 e. The maximum absolute atomic E-state index is 11.7. The van der Waals surface area contributed by atoms with Crippen molar-refractivity contribution in [2.24, 2.45) is 17.8 Å². The van der Waals surface area contributed by atoms with E-state index >= 15 is 0 Å². The minimum atomic E-state index is -0.00574. The molecule has 0 aromatic heterocycles. The minimum absolute atomic E-state index is 0.00574. The van der Waals surface area contributed by atoms with E-state index in [4.69, 9.17) is 9.47 Å². The summed E-state index contributed by atoms with van der Waals surface area (Å²) in [5, 5.41) is 0. The second-order valence-corrected chi connectivity index (χ2v) is 4.81. The van der Waals surface area contributed by atoms with E-state index in [0.717, 1.165) is 19.6 Å². The van der Waals surface area contributed by atoms with Gasteiger partial charge in [0.25, 0.3) is 0 Å². The zero-order valence-corrected chi connectivity index (χ0v) is 9.41. The maximum Gasteiger partial charge on any atom is 0.308 e. The van der Waals surface area contributed by atoms with Gasteiger partial charge >= 0.3 is 5.97 Å². The Labute approximate surface area is 91.1 Å². The van der Waals surface area contributed by atoms with E-state index in [1.54, 1.807) is 0 Å². The molecule has 0 aromatic carbocycles. The molecule has 1 unspecified atom stereocenters. The topological polar surface area (TPSA) is 35.5 Å². The van der Waals surface area contributed by atoms with E-state index in [-0.39, 0.29) is 11.9 Å². The first-order chi connectivity index (χ1) is 7.31. The van der Waals surface area contributed by atoms with E-state index in [9.17, 15) is 4.79 Å². The predicted octanol–water partition coefficient (Wildman–Crippen LogP) is 2.00. The number of carbonyl (C=O) groups is 1. The maximum atomic E-state index is 11.7. The lowest BCUT2D eigenvalue weighted by Gasteiger charge is -2.31. The molecule has 1 aliphatic heterocycles. The summed E-state index contributed by atoms with van der Waals surface area (Å²) in [5.41, 5.74) is 0. The first-order valence-corrected chi connectivity index (χ1v) is 5.97. The smallest absolute Gasteiger partial charge is 0.308 e. The Morgan fingerprint density at radius 3 is 2.53 bits per heavy atom. The van der Waals surface area contributed by atoms with Crippen LogP contribution in [0.15, 0.2) is 0 Å². The Morgan fingerprint density at radius 2 is 2.07 bits per heavy atom. The number of ether oxygens (including phenoxy) is 2. The van der Waals surface area contributed by atoms with Gasteiger partial charge in [-0.2, -0.15) is 0 Å². The van der Waals surface area contributed by atoms with Crippen molar-refractivity contribution in [3.8, 4) is 0 Å². The minimum Gasteiger partial charge on any atom is -0.469 e. The van der Waals surface area contributed by atoms with Crippen LogP contribution in [0.2, 0.25) is 0 Å². The molecule has 0 bridgehead atoms. The van der Waals surface area contributed by atoms with Gasteiger partial charge in [-0.25, -0.2) is 0 Å². The van der Waals surface area contributed by atoms with Crippen molar-refractivity contribution in [2.75, 3.05) is 20.3 Å². The first kappa shape index (κ1) is 10.9. The van der Waals surface area contributed by atoms with Crippen LogP contribution in [0.1, 0.15) is 32.1 Å². The van der Waals surface area contributed by atoms with Gasteiger partial charge < -0.3 is 9.47 Å². The predicted molar refractivity (Wildman–Crippen MR) is 56.4 cm³/mol. The SMILES string of the molecule is COC(=O)C(CC1COC1)C1CCCC1. The van der Waals surface area contributed by atoms with Gasteiger partial charge in [0.1, 0.15) is 0 Å². The van der Waals surface area contributed by atoms with E-state index in [2.05, 4.69) is 0 Å². The standard InChI is InChI=1S/C12H20O3/c1-14-12(13)11(6-9-7-15-8-9)10-4-2-3-5-10/h9-11H,2-8H2,1H3. The number of carbonyl (C=O) groups excluding carboxylic acids is 1. The molecule has 2 rings (SSSR count). The summed E-state index contributed by atoms with van der Waals surface area (Å²) in [5.74, 6) is 1.29. The molecule has 1 saturated heterocycles. The van der Waals surface area contributed by atoms with E-state index in [1.807, 2.05) is 0 Å². The monoisotopic (exact) mass is 212 g/mol. The first-order valence-electron chi connectivity index (χ1n) is 5.97. The average Bonchev–Trinajstić information content (AvgIpc) is 2.68. The van der Waals surface area contributed by atoms with Crippen molar-refractivity contribution in [1.29, 1.82) is 0 Å². The lowest BCUT2D eigenvalue weighted by molar-refractivity contribution is -0.150. The third kappa shape index (κ3) is 2.51. The second kappa shape index (κ2) is 4.97. The zero-order valence-electron chi connectivity index (χ0n) is 9.41. The number of hydrogen-bond donors (Lipinski definition) is 0. The fourth-order valence-corrected chi connectivity index (χ4v) is 2.77. The molecule has 1 atom stereocenters. The molecule has 2 fully saturated rings. The van der Waals surface area contributed by atoms with Gasteiger partial charge in [0.2, 0.25) is 0 Å². The molecule has 0 aromatic rings. The fraction of sp³-hybridized carbons (Fsp3) is 0.917. The Kier molecular flexibility index (Phi) is 3.62. The molecule has 0 N–H and O–H groups in total. The van der Waals surface area contributed by atoms with Gasteiger partial charge in [0.05, 0.1) is 26.2 Å². The van der Waals surface area contributed by atoms with Crippen LogP contribution in [-0.4, -0.2) is 26.3 Å². The summed E-state index contributed by atoms with van der Waals surface area (Å²) < 4.78 is 10.1. The van der Waals surface area contributed by atoms with Gasteiger partial charge in [0.15, 0.2) is 0 Å². The summed E-state index contributed by atoms with van der Waals surface area (Å²) in [6, 6.07) is 0. The lowest BCUT2D eigenvalue weighted by Crippen LogP contribution is -2.34. The van der Waals surface area contributed by atoms with E-state index < -0.39 is 0 Å². The molecule has 0 spiro atoms. The van der Waals surface area contributed by atoms with E-state index in [1.165, 1.54) is 32.8 Å². The van der Waals surface area contributed by atoms with Gasteiger partial charge in [-0.3, -0.25) is 4.79 Å². The molecule has 1 saturated carbocycles. The number of hydrogen-bond acceptors (Lipinski definition) is 3. The van der Waals surface area contributed by atoms with E-state index in [0.29, 0.717) is 11.8 Å². The Balaban J connectivity index is 1.91. The zero-order chi connectivity index (χ0) is 10.7. The van der Waals surface area contributed by atoms with Crippen LogP contribution in [0.25, 0.3) is 0 Å². The van der Waals surface area contributed by atoms with Gasteiger partial charge in [-0.05, 0) is 25.2 Å². The highest BCUT2D eigenvalue weighted by atomic mass is 16.5.